The molecular weight excluding hydrogens is 124 g/mol. The molecule has 0 aromatic rings. The number of hydrogen-bond acceptors (Lipinski definition) is 1. The Hall–Kier alpha value is -0.850. The molecule has 1 nitrogen and oxygen atoms in total. The van der Waals surface area contributed by atoms with E-state index in [0.717, 1.165) is 24.7 Å². The summed E-state index contributed by atoms with van der Waals surface area (Å²) < 4.78 is 0. The van der Waals surface area contributed by atoms with Crippen molar-refractivity contribution in [1.82, 2.24) is 0 Å². The second kappa shape index (κ2) is 4.04. The minimum atomic E-state index is 0.833. The Morgan fingerprint density at radius 3 is 2.90 bits per heavy atom. The molecule has 0 radical (unpaired) electrons. The molecule has 54 valence electrons. The van der Waals surface area contributed by atoms with E-state index in [1.165, 1.54) is 12.8 Å². The highest BCUT2D eigenvalue weighted by atomic mass is 16.1. The lowest BCUT2D eigenvalue weighted by Gasteiger charge is -1.98. The molecule has 0 amide bonds. The van der Waals surface area contributed by atoms with Crippen molar-refractivity contribution in [3.05, 3.63) is 23.8 Å². The van der Waals surface area contributed by atoms with Crippen molar-refractivity contribution in [2.75, 3.05) is 0 Å². The van der Waals surface area contributed by atoms with Crippen molar-refractivity contribution < 1.29 is 4.79 Å². The van der Waals surface area contributed by atoms with Crippen molar-refractivity contribution in [2.24, 2.45) is 0 Å². The van der Waals surface area contributed by atoms with Crippen molar-refractivity contribution >= 4 is 6.29 Å². The highest BCUT2D eigenvalue weighted by molar-refractivity contribution is 5.77. The molecule has 0 unspecified atom stereocenters. The smallest absolute Gasteiger partial charge is 0.149 e. The molecule has 0 heterocycles. The van der Waals surface area contributed by atoms with Crippen LogP contribution in [0.5, 0.6) is 0 Å². The van der Waals surface area contributed by atoms with Crippen LogP contribution in [-0.4, -0.2) is 6.29 Å². The minimum absolute atomic E-state index is 0.833. The number of aldehydes is 1. The van der Waals surface area contributed by atoms with Crippen LogP contribution in [0.15, 0.2) is 23.8 Å². The van der Waals surface area contributed by atoms with E-state index in [1.54, 1.807) is 0 Å². The summed E-state index contributed by atoms with van der Waals surface area (Å²) in [5, 5.41) is 0. The SMILES string of the molecule is O=CC1=C/CCCC/C=C\1. The maximum absolute atomic E-state index is 10.3. The average molecular weight is 136 g/mol. The van der Waals surface area contributed by atoms with Gasteiger partial charge in [0.15, 0.2) is 0 Å². The lowest BCUT2D eigenvalue weighted by atomic mass is 10.1. The molecule has 1 aliphatic rings. The first kappa shape index (κ1) is 7.26. The minimum Gasteiger partial charge on any atom is -0.298 e. The molecule has 0 spiro atoms. The molecule has 10 heavy (non-hydrogen) atoms. The van der Waals surface area contributed by atoms with Gasteiger partial charge in [-0.3, -0.25) is 4.79 Å². The molecule has 1 rings (SSSR count). The first-order chi connectivity index (χ1) is 4.93. The predicted molar refractivity (Wildman–Crippen MR) is 41.8 cm³/mol. The van der Waals surface area contributed by atoms with Crippen LogP contribution in [0, 0.1) is 0 Å². The van der Waals surface area contributed by atoms with Crippen LogP contribution in [0.4, 0.5) is 0 Å². The Morgan fingerprint density at radius 2 is 2.10 bits per heavy atom. The molecule has 0 aromatic heterocycles. The fourth-order valence-corrected chi connectivity index (χ4v) is 1.05. The first-order valence-corrected chi connectivity index (χ1v) is 3.75. The van der Waals surface area contributed by atoms with Gasteiger partial charge >= 0.3 is 0 Å². The van der Waals surface area contributed by atoms with Crippen LogP contribution < -0.4 is 0 Å². The molecule has 0 saturated carbocycles. The Balaban J connectivity index is 2.58. The molecule has 1 heteroatoms. The number of carbonyl (C=O) groups excluding carboxylic acids is 1. The highest BCUT2D eigenvalue weighted by Crippen LogP contribution is 2.08. The first-order valence-electron chi connectivity index (χ1n) is 3.75. The summed E-state index contributed by atoms with van der Waals surface area (Å²) >= 11 is 0. The van der Waals surface area contributed by atoms with Gasteiger partial charge in [-0.2, -0.15) is 0 Å². The number of allylic oxidation sites excluding steroid dienone is 4. The summed E-state index contributed by atoms with van der Waals surface area (Å²) in [6.07, 6.45) is 11.5. The van der Waals surface area contributed by atoms with E-state index in [2.05, 4.69) is 6.08 Å². The summed E-state index contributed by atoms with van der Waals surface area (Å²) in [5.41, 5.74) is 0.833. The van der Waals surface area contributed by atoms with Gasteiger partial charge in [0.25, 0.3) is 0 Å². The Morgan fingerprint density at radius 1 is 1.30 bits per heavy atom. The van der Waals surface area contributed by atoms with E-state index < -0.39 is 0 Å². The third-order valence-electron chi connectivity index (χ3n) is 1.65. The molecular formula is C9H12O. The zero-order chi connectivity index (χ0) is 7.23. The van der Waals surface area contributed by atoms with Crippen LogP contribution >= 0.6 is 0 Å². The second-order valence-corrected chi connectivity index (χ2v) is 2.51. The lowest BCUT2D eigenvalue weighted by molar-refractivity contribution is -0.104. The third-order valence-corrected chi connectivity index (χ3v) is 1.65. The van der Waals surface area contributed by atoms with Gasteiger partial charge in [-0.15, -0.1) is 0 Å². The van der Waals surface area contributed by atoms with Gasteiger partial charge in [0.1, 0.15) is 6.29 Å². The largest absolute Gasteiger partial charge is 0.298 e. The lowest BCUT2D eigenvalue weighted by Crippen LogP contribution is -1.84. The van der Waals surface area contributed by atoms with Crippen molar-refractivity contribution in [3.8, 4) is 0 Å². The second-order valence-electron chi connectivity index (χ2n) is 2.51. The molecule has 1 aliphatic carbocycles. The summed E-state index contributed by atoms with van der Waals surface area (Å²) in [4.78, 5) is 10.3. The quantitative estimate of drug-likeness (QED) is 0.505. The van der Waals surface area contributed by atoms with E-state index in [0.29, 0.717) is 0 Å². The van der Waals surface area contributed by atoms with Gasteiger partial charge in [0.2, 0.25) is 0 Å². The molecule has 0 saturated heterocycles. The maximum atomic E-state index is 10.3. The Bertz CT molecular complexity index is 166. The van der Waals surface area contributed by atoms with Gasteiger partial charge in [-0.05, 0) is 25.7 Å². The zero-order valence-electron chi connectivity index (χ0n) is 6.05. The topological polar surface area (TPSA) is 17.1 Å². The number of rotatable bonds is 1. The standard InChI is InChI=1S/C9H12O/c10-8-9-6-4-2-1-3-5-7-9/h4,6-8H,1-3,5H2/b6-4-,9-7+. The number of hydrogen-bond donors (Lipinski definition) is 0. The van der Waals surface area contributed by atoms with Gasteiger partial charge < -0.3 is 0 Å². The molecule has 0 aliphatic heterocycles. The van der Waals surface area contributed by atoms with Crippen molar-refractivity contribution in [3.63, 3.8) is 0 Å². The van der Waals surface area contributed by atoms with Gasteiger partial charge in [0, 0.05) is 5.57 Å². The molecule has 0 N–H and O–H groups in total. The van der Waals surface area contributed by atoms with E-state index in [-0.39, 0.29) is 0 Å². The molecule has 0 atom stereocenters. The summed E-state index contributed by atoms with van der Waals surface area (Å²) in [6.45, 7) is 0. The third kappa shape index (κ3) is 2.18. The van der Waals surface area contributed by atoms with E-state index in [1.807, 2.05) is 12.2 Å². The molecule has 0 bridgehead atoms. The van der Waals surface area contributed by atoms with Gasteiger partial charge in [0.05, 0.1) is 0 Å². The summed E-state index contributed by atoms with van der Waals surface area (Å²) in [5.74, 6) is 0. The van der Waals surface area contributed by atoms with Crippen LogP contribution in [0.1, 0.15) is 25.7 Å². The fraction of sp³-hybridized carbons (Fsp3) is 0.444. The predicted octanol–water partition coefficient (Wildman–Crippen LogP) is 2.24. The van der Waals surface area contributed by atoms with Crippen LogP contribution in [-0.2, 0) is 4.79 Å². The normalized spacial score (nSPS) is 27.4. The van der Waals surface area contributed by atoms with E-state index in [9.17, 15) is 4.79 Å². The highest BCUT2D eigenvalue weighted by Gasteiger charge is 1.92. The van der Waals surface area contributed by atoms with Crippen molar-refractivity contribution in [2.45, 2.75) is 25.7 Å². The van der Waals surface area contributed by atoms with Crippen LogP contribution in [0.25, 0.3) is 0 Å². The van der Waals surface area contributed by atoms with E-state index in [4.69, 9.17) is 0 Å². The monoisotopic (exact) mass is 136 g/mol. The maximum Gasteiger partial charge on any atom is 0.149 e. The van der Waals surface area contributed by atoms with E-state index >= 15 is 0 Å². The Labute approximate surface area is 61.4 Å². The van der Waals surface area contributed by atoms with Gasteiger partial charge in [-0.25, -0.2) is 0 Å². The van der Waals surface area contributed by atoms with Crippen LogP contribution in [0.2, 0.25) is 0 Å². The molecule has 0 fully saturated rings. The Kier molecular flexibility index (Phi) is 2.94. The summed E-state index contributed by atoms with van der Waals surface area (Å²) in [7, 11) is 0. The fourth-order valence-electron chi connectivity index (χ4n) is 1.05. The molecule has 0 aromatic carbocycles. The zero-order valence-corrected chi connectivity index (χ0v) is 6.05. The summed E-state index contributed by atoms with van der Waals surface area (Å²) in [6, 6.07) is 0. The average Bonchev–Trinajstić information content (AvgIpc) is 1.87. The van der Waals surface area contributed by atoms with Crippen LogP contribution in [0.3, 0.4) is 0 Å². The number of carbonyl (C=O) groups is 1. The van der Waals surface area contributed by atoms with Gasteiger partial charge in [-0.1, -0.05) is 18.2 Å². The van der Waals surface area contributed by atoms with Crippen molar-refractivity contribution in [1.29, 1.82) is 0 Å².